The van der Waals surface area contributed by atoms with Gasteiger partial charge in [-0.1, -0.05) is 0 Å². The van der Waals surface area contributed by atoms with Crippen molar-refractivity contribution in [2.24, 2.45) is 0 Å². The van der Waals surface area contributed by atoms with Gasteiger partial charge in [0.15, 0.2) is 0 Å². The van der Waals surface area contributed by atoms with Crippen molar-refractivity contribution in [1.82, 2.24) is 0 Å². The van der Waals surface area contributed by atoms with E-state index in [1.54, 1.807) is 0 Å². The molecule has 0 aliphatic heterocycles. The molecule has 0 aromatic rings. The molecule has 3 nitrogen and oxygen atoms in total. The largest absolute Gasteiger partial charge is 1.00 e. The van der Waals surface area contributed by atoms with Crippen LogP contribution in [0.15, 0.2) is 0 Å². The minimum Gasteiger partial charge on any atom is -1.00 e. The lowest BCUT2D eigenvalue weighted by atomic mass is 10.5. The maximum Gasteiger partial charge on any atom is 0.131 e. The van der Waals surface area contributed by atoms with Crippen molar-refractivity contribution in [1.29, 1.82) is 0 Å². The van der Waals surface area contributed by atoms with E-state index < -0.39 is 0 Å². The Kier molecular flexibility index (Phi) is 7.58. The second-order valence-electron chi connectivity index (χ2n) is 3.00. The number of rotatable bonds is 4. The van der Waals surface area contributed by atoms with Gasteiger partial charge in [-0.15, -0.1) is 0 Å². The zero-order valence-electron chi connectivity index (χ0n) is 7.06. The molecule has 0 heterocycles. The molecule has 4 heteroatoms. The normalized spacial score (nSPS) is 10.8. The van der Waals surface area contributed by atoms with Crippen LogP contribution < -0.4 is 12.4 Å². The van der Waals surface area contributed by atoms with Crippen LogP contribution in [-0.4, -0.2) is 45.9 Å². The van der Waals surface area contributed by atoms with Crippen LogP contribution in [0, 0.1) is 0 Å². The van der Waals surface area contributed by atoms with Crippen molar-refractivity contribution < 1.29 is 26.7 Å². The lowest BCUT2D eigenvalue weighted by Crippen LogP contribution is -3.00. The number of likely N-dealkylation sites (N-methyl/N-ethyl adjacent to an activating group) is 1. The van der Waals surface area contributed by atoms with Gasteiger partial charge in [-0.05, 0) is 0 Å². The molecule has 10 heavy (non-hydrogen) atoms. The molecule has 0 atom stereocenters. The maximum atomic E-state index is 4.69. The summed E-state index contributed by atoms with van der Waals surface area (Å²) in [5.41, 5.74) is 0. The minimum atomic E-state index is 0. The van der Waals surface area contributed by atoms with Crippen LogP contribution in [0.5, 0.6) is 0 Å². The van der Waals surface area contributed by atoms with Crippen LogP contribution in [0.2, 0.25) is 0 Å². The van der Waals surface area contributed by atoms with E-state index in [1.165, 1.54) is 7.11 Å². The van der Waals surface area contributed by atoms with Crippen LogP contribution in [-0.2, 0) is 9.78 Å². The van der Waals surface area contributed by atoms with Crippen molar-refractivity contribution >= 4 is 0 Å². The first-order valence-corrected chi connectivity index (χ1v) is 3.02. The fourth-order valence-electron chi connectivity index (χ4n) is 0.394. The van der Waals surface area contributed by atoms with Gasteiger partial charge in [-0.3, -0.25) is 0 Å². The first-order valence-electron chi connectivity index (χ1n) is 3.02. The quantitative estimate of drug-likeness (QED) is 0.197. The summed E-state index contributed by atoms with van der Waals surface area (Å²) in [6.07, 6.45) is 0. The van der Waals surface area contributed by atoms with Crippen molar-refractivity contribution in [2.45, 2.75) is 0 Å². The maximum absolute atomic E-state index is 4.69. The average molecular weight is 170 g/mol. The van der Waals surface area contributed by atoms with Crippen LogP contribution in [0.25, 0.3) is 0 Å². The smallest absolute Gasteiger partial charge is 0.131 e. The second-order valence-corrected chi connectivity index (χ2v) is 3.00. The molecule has 0 unspecified atom stereocenters. The Morgan fingerprint density at radius 2 is 1.70 bits per heavy atom. The van der Waals surface area contributed by atoms with Gasteiger partial charge in [0.2, 0.25) is 0 Å². The Labute approximate surface area is 68.8 Å². The number of nitrogens with zero attached hydrogens (tertiary/aromatic N) is 1. The number of quaternary nitrogens is 1. The van der Waals surface area contributed by atoms with Gasteiger partial charge in [0, 0.05) is 0 Å². The highest BCUT2D eigenvalue weighted by Crippen LogP contribution is 1.88. The van der Waals surface area contributed by atoms with Crippen LogP contribution in [0.1, 0.15) is 0 Å². The highest BCUT2D eigenvalue weighted by molar-refractivity contribution is 4.21. The standard InChI is InChI=1S/C6H16NO2.ClH/c1-7(2,3)5-6-9-8-4;/h5-6H2,1-4H3;1H/q+1;/p-1. The average Bonchev–Trinajstić information content (AvgIpc) is 1.63. The van der Waals surface area contributed by atoms with Gasteiger partial charge in [-0.25, -0.2) is 9.78 Å². The Morgan fingerprint density at radius 3 is 2.00 bits per heavy atom. The highest BCUT2D eigenvalue weighted by Gasteiger charge is 2.04. The summed E-state index contributed by atoms with van der Waals surface area (Å²) in [5.74, 6) is 0. The van der Waals surface area contributed by atoms with Crippen LogP contribution in [0.3, 0.4) is 0 Å². The molecule has 0 fully saturated rings. The lowest BCUT2D eigenvalue weighted by Gasteiger charge is -2.22. The Bertz CT molecular complexity index is 72.6. The summed E-state index contributed by atoms with van der Waals surface area (Å²) >= 11 is 0. The first kappa shape index (κ1) is 12.8. The molecule has 0 N–H and O–H groups in total. The van der Waals surface area contributed by atoms with Gasteiger partial charge >= 0.3 is 0 Å². The third kappa shape index (κ3) is 11.0. The predicted octanol–water partition coefficient (Wildman–Crippen LogP) is -2.73. The van der Waals surface area contributed by atoms with Crippen molar-refractivity contribution in [3.63, 3.8) is 0 Å². The summed E-state index contributed by atoms with van der Waals surface area (Å²) in [5, 5.41) is 0. The molecule has 0 radical (unpaired) electrons. The summed E-state index contributed by atoms with van der Waals surface area (Å²) in [7, 11) is 7.85. The molecule has 0 aliphatic rings. The van der Waals surface area contributed by atoms with Crippen LogP contribution in [0.4, 0.5) is 0 Å². The van der Waals surface area contributed by atoms with Gasteiger partial charge in [-0.2, -0.15) is 0 Å². The lowest BCUT2D eigenvalue weighted by molar-refractivity contribution is -0.871. The molecule has 0 saturated carbocycles. The second kappa shape index (κ2) is 5.92. The summed E-state index contributed by atoms with van der Waals surface area (Å²) in [4.78, 5) is 9.12. The van der Waals surface area contributed by atoms with Crippen molar-refractivity contribution in [2.75, 3.05) is 41.4 Å². The Hall–Kier alpha value is 0.170. The predicted molar refractivity (Wildman–Crippen MR) is 35.9 cm³/mol. The SMILES string of the molecule is COOCC[N+](C)(C)C.[Cl-]. The van der Waals surface area contributed by atoms with Crippen molar-refractivity contribution in [3.8, 4) is 0 Å². The summed E-state index contributed by atoms with van der Waals surface area (Å²) in [6, 6.07) is 0. The molecular formula is C6H16ClNO2. The van der Waals surface area contributed by atoms with E-state index in [9.17, 15) is 0 Å². The van der Waals surface area contributed by atoms with Gasteiger partial charge in [0.1, 0.15) is 13.2 Å². The first-order chi connectivity index (χ1) is 4.06. The molecule has 0 spiro atoms. The molecule has 0 rings (SSSR count). The third-order valence-corrected chi connectivity index (χ3v) is 0.963. The zero-order valence-corrected chi connectivity index (χ0v) is 7.81. The van der Waals surface area contributed by atoms with Gasteiger partial charge < -0.3 is 16.9 Å². The molecule has 0 bridgehead atoms. The number of hydrogen-bond donors (Lipinski definition) is 0. The molecule has 0 aliphatic carbocycles. The molecule has 64 valence electrons. The topological polar surface area (TPSA) is 18.5 Å². The highest BCUT2D eigenvalue weighted by atomic mass is 35.5. The Morgan fingerprint density at radius 1 is 1.20 bits per heavy atom. The molecule has 0 saturated heterocycles. The van der Waals surface area contributed by atoms with E-state index in [0.717, 1.165) is 11.0 Å². The third-order valence-electron chi connectivity index (χ3n) is 0.963. The zero-order chi connectivity index (χ0) is 7.33. The van der Waals surface area contributed by atoms with E-state index >= 15 is 0 Å². The van der Waals surface area contributed by atoms with Gasteiger partial charge in [0.25, 0.3) is 0 Å². The van der Waals surface area contributed by atoms with Crippen LogP contribution >= 0.6 is 0 Å². The van der Waals surface area contributed by atoms with Crippen molar-refractivity contribution in [3.05, 3.63) is 0 Å². The minimum absolute atomic E-state index is 0. The molecule has 0 aromatic carbocycles. The van der Waals surface area contributed by atoms with E-state index in [-0.39, 0.29) is 12.4 Å². The van der Waals surface area contributed by atoms with Gasteiger partial charge in [0.05, 0.1) is 28.3 Å². The fraction of sp³-hybridized carbons (Fsp3) is 1.00. The Balaban J connectivity index is 0. The van der Waals surface area contributed by atoms with E-state index in [4.69, 9.17) is 4.89 Å². The number of halogens is 1. The summed E-state index contributed by atoms with van der Waals surface area (Å²) in [6.45, 7) is 1.62. The van der Waals surface area contributed by atoms with E-state index in [0.29, 0.717) is 6.61 Å². The van der Waals surface area contributed by atoms with E-state index in [2.05, 4.69) is 26.0 Å². The fourth-order valence-corrected chi connectivity index (χ4v) is 0.394. The number of hydrogen-bond acceptors (Lipinski definition) is 2. The molecule has 0 amide bonds. The van der Waals surface area contributed by atoms with E-state index in [1.807, 2.05) is 0 Å². The molecule has 0 aromatic heterocycles. The monoisotopic (exact) mass is 169 g/mol. The molecular weight excluding hydrogens is 154 g/mol. The summed E-state index contributed by atoms with van der Waals surface area (Å²) < 4.78 is 0.906.